The molecule has 0 radical (unpaired) electrons. The van der Waals surface area contributed by atoms with Crippen molar-refractivity contribution < 1.29 is 14.7 Å². The molecule has 1 atom stereocenters. The minimum atomic E-state index is -0.971. The van der Waals surface area contributed by atoms with Gasteiger partial charge in [-0.25, -0.2) is 4.79 Å². The van der Waals surface area contributed by atoms with Crippen LogP contribution in [0.15, 0.2) is 24.3 Å². The highest BCUT2D eigenvalue weighted by molar-refractivity contribution is 5.95. The third kappa shape index (κ3) is 4.06. The molecule has 1 aromatic carbocycles. The summed E-state index contributed by atoms with van der Waals surface area (Å²) in [6, 6.07) is 6.27. The van der Waals surface area contributed by atoms with Crippen LogP contribution in [-0.4, -0.2) is 37.1 Å². The van der Waals surface area contributed by atoms with E-state index in [0.717, 1.165) is 6.54 Å². The lowest BCUT2D eigenvalue weighted by Crippen LogP contribution is -2.36. The van der Waals surface area contributed by atoms with Crippen LogP contribution >= 0.6 is 0 Å². The van der Waals surface area contributed by atoms with Crippen molar-refractivity contribution in [3.63, 3.8) is 0 Å². The quantitative estimate of drug-likeness (QED) is 0.818. The van der Waals surface area contributed by atoms with E-state index in [4.69, 9.17) is 5.11 Å². The normalized spacial score (nSPS) is 11.9. The van der Waals surface area contributed by atoms with Crippen LogP contribution in [0.25, 0.3) is 0 Å². The molecule has 0 bridgehead atoms. The van der Waals surface area contributed by atoms with E-state index in [1.807, 2.05) is 13.8 Å². The Balaban J connectivity index is 2.73. The van der Waals surface area contributed by atoms with Gasteiger partial charge in [0.1, 0.15) is 0 Å². The predicted octanol–water partition coefficient (Wildman–Crippen LogP) is 1.59. The van der Waals surface area contributed by atoms with Crippen LogP contribution in [0.2, 0.25) is 0 Å². The number of rotatable bonds is 6. The zero-order valence-electron chi connectivity index (χ0n) is 11.5. The zero-order chi connectivity index (χ0) is 14.4. The van der Waals surface area contributed by atoms with Gasteiger partial charge in [0.05, 0.1) is 5.56 Å². The van der Waals surface area contributed by atoms with E-state index in [-0.39, 0.29) is 17.4 Å². The second kappa shape index (κ2) is 6.89. The smallest absolute Gasteiger partial charge is 0.335 e. The minimum Gasteiger partial charge on any atom is -0.478 e. The summed E-state index contributed by atoms with van der Waals surface area (Å²) in [5, 5.41) is 12.0. The summed E-state index contributed by atoms with van der Waals surface area (Å²) in [5.41, 5.74) is 0.906. The van der Waals surface area contributed by atoms with Crippen molar-refractivity contribution in [3.8, 4) is 0 Å². The molecule has 5 heteroatoms. The van der Waals surface area contributed by atoms with Crippen LogP contribution < -0.4 is 10.2 Å². The van der Waals surface area contributed by atoms with Gasteiger partial charge in [-0.05, 0) is 30.8 Å². The first kappa shape index (κ1) is 15.2. The molecule has 2 N–H and O–H groups in total. The second-order valence-corrected chi connectivity index (χ2v) is 4.46. The van der Waals surface area contributed by atoms with E-state index in [9.17, 15) is 9.59 Å². The van der Waals surface area contributed by atoms with Gasteiger partial charge in [-0.3, -0.25) is 4.79 Å². The highest BCUT2D eigenvalue weighted by Gasteiger charge is 2.18. The molecule has 0 fully saturated rings. The van der Waals surface area contributed by atoms with Crippen molar-refractivity contribution in [2.24, 2.45) is 5.92 Å². The van der Waals surface area contributed by atoms with Gasteiger partial charge in [-0.2, -0.15) is 0 Å². The number of carboxylic acid groups (broad SMARTS) is 1. The van der Waals surface area contributed by atoms with Gasteiger partial charge in [0.25, 0.3) is 0 Å². The van der Waals surface area contributed by atoms with Crippen LogP contribution in [0, 0.1) is 5.92 Å². The molecule has 1 rings (SSSR count). The van der Waals surface area contributed by atoms with Crippen molar-refractivity contribution in [1.82, 2.24) is 5.32 Å². The molecule has 5 nitrogen and oxygen atoms in total. The fourth-order valence-corrected chi connectivity index (χ4v) is 1.73. The number of hydrogen-bond donors (Lipinski definition) is 2. The standard InChI is InChI=1S/C14H20N2O3/c1-4-15-9-10(2)13(17)16(3)12-7-5-11(6-8-12)14(18)19/h5-8,10,15H,4,9H2,1-3H3,(H,18,19). The molecule has 104 valence electrons. The lowest BCUT2D eigenvalue weighted by Gasteiger charge is -2.21. The fraction of sp³-hybridized carbons (Fsp3) is 0.429. The number of carbonyl (C=O) groups is 2. The van der Waals surface area contributed by atoms with Crippen molar-refractivity contribution in [3.05, 3.63) is 29.8 Å². The third-order valence-electron chi connectivity index (χ3n) is 2.95. The number of benzene rings is 1. The SMILES string of the molecule is CCNCC(C)C(=O)N(C)c1ccc(C(=O)O)cc1. The molecular weight excluding hydrogens is 244 g/mol. The van der Waals surface area contributed by atoms with Gasteiger partial charge in [-0.15, -0.1) is 0 Å². The van der Waals surface area contributed by atoms with E-state index < -0.39 is 5.97 Å². The number of hydrogen-bond acceptors (Lipinski definition) is 3. The molecule has 0 saturated carbocycles. The zero-order valence-corrected chi connectivity index (χ0v) is 11.5. The number of carboxylic acids is 1. The second-order valence-electron chi connectivity index (χ2n) is 4.46. The molecule has 0 saturated heterocycles. The van der Waals surface area contributed by atoms with Crippen LogP contribution in [0.4, 0.5) is 5.69 Å². The van der Waals surface area contributed by atoms with Gasteiger partial charge >= 0.3 is 5.97 Å². The fourth-order valence-electron chi connectivity index (χ4n) is 1.73. The highest BCUT2D eigenvalue weighted by atomic mass is 16.4. The van der Waals surface area contributed by atoms with Crippen molar-refractivity contribution in [1.29, 1.82) is 0 Å². The summed E-state index contributed by atoms with van der Waals surface area (Å²) in [6.07, 6.45) is 0. The predicted molar refractivity (Wildman–Crippen MR) is 74.5 cm³/mol. The van der Waals surface area contributed by atoms with Gasteiger partial charge in [-0.1, -0.05) is 13.8 Å². The maximum Gasteiger partial charge on any atom is 0.335 e. The van der Waals surface area contributed by atoms with E-state index >= 15 is 0 Å². The Hall–Kier alpha value is -1.88. The molecule has 0 heterocycles. The molecule has 0 aromatic heterocycles. The average Bonchev–Trinajstić information content (AvgIpc) is 2.43. The number of aromatic carboxylic acids is 1. The van der Waals surface area contributed by atoms with Crippen molar-refractivity contribution >= 4 is 17.6 Å². The Kier molecular flexibility index (Phi) is 5.51. The summed E-state index contributed by atoms with van der Waals surface area (Å²) < 4.78 is 0. The Bertz CT molecular complexity index is 443. The van der Waals surface area contributed by atoms with Crippen LogP contribution in [0.3, 0.4) is 0 Å². The Morgan fingerprint density at radius 2 is 1.89 bits per heavy atom. The number of nitrogens with zero attached hydrogens (tertiary/aromatic N) is 1. The molecular formula is C14H20N2O3. The monoisotopic (exact) mass is 264 g/mol. The summed E-state index contributed by atoms with van der Waals surface area (Å²) in [4.78, 5) is 24.4. The summed E-state index contributed by atoms with van der Waals surface area (Å²) in [6.45, 7) is 5.32. The summed E-state index contributed by atoms with van der Waals surface area (Å²) >= 11 is 0. The summed E-state index contributed by atoms with van der Waals surface area (Å²) in [7, 11) is 1.69. The number of carbonyl (C=O) groups excluding carboxylic acids is 1. The van der Waals surface area contributed by atoms with Crippen LogP contribution in [0.1, 0.15) is 24.2 Å². The van der Waals surface area contributed by atoms with Gasteiger partial charge < -0.3 is 15.3 Å². The number of anilines is 1. The largest absolute Gasteiger partial charge is 0.478 e. The Morgan fingerprint density at radius 1 is 1.32 bits per heavy atom. The Labute approximate surface area is 113 Å². The van der Waals surface area contributed by atoms with Crippen molar-refractivity contribution in [2.75, 3.05) is 25.0 Å². The lowest BCUT2D eigenvalue weighted by molar-refractivity contribution is -0.121. The number of amides is 1. The first-order valence-corrected chi connectivity index (χ1v) is 6.29. The molecule has 19 heavy (non-hydrogen) atoms. The summed E-state index contributed by atoms with van der Waals surface area (Å²) in [5.74, 6) is -1.09. The molecule has 1 aromatic rings. The topological polar surface area (TPSA) is 69.6 Å². The molecule has 0 aliphatic heterocycles. The van der Waals surface area contributed by atoms with Crippen LogP contribution in [-0.2, 0) is 4.79 Å². The van der Waals surface area contributed by atoms with Crippen LogP contribution in [0.5, 0.6) is 0 Å². The van der Waals surface area contributed by atoms with E-state index in [1.165, 1.54) is 12.1 Å². The van der Waals surface area contributed by atoms with Crippen molar-refractivity contribution in [2.45, 2.75) is 13.8 Å². The van der Waals surface area contributed by atoms with Gasteiger partial charge in [0, 0.05) is 25.2 Å². The van der Waals surface area contributed by atoms with Gasteiger partial charge in [0.15, 0.2) is 0 Å². The molecule has 0 spiro atoms. The Morgan fingerprint density at radius 3 is 2.37 bits per heavy atom. The maximum absolute atomic E-state index is 12.1. The molecule has 0 aliphatic rings. The number of nitrogens with one attached hydrogen (secondary N) is 1. The van der Waals surface area contributed by atoms with E-state index in [0.29, 0.717) is 12.2 Å². The molecule has 1 unspecified atom stereocenters. The minimum absolute atomic E-state index is 0.00373. The van der Waals surface area contributed by atoms with E-state index in [2.05, 4.69) is 5.32 Å². The van der Waals surface area contributed by atoms with Gasteiger partial charge in [0.2, 0.25) is 5.91 Å². The maximum atomic E-state index is 12.1. The molecule has 1 amide bonds. The van der Waals surface area contributed by atoms with E-state index in [1.54, 1.807) is 24.1 Å². The average molecular weight is 264 g/mol. The first-order valence-electron chi connectivity index (χ1n) is 6.29. The highest BCUT2D eigenvalue weighted by Crippen LogP contribution is 2.16. The first-order chi connectivity index (χ1) is 8.97. The lowest BCUT2D eigenvalue weighted by atomic mass is 10.1. The molecule has 0 aliphatic carbocycles. The third-order valence-corrected chi connectivity index (χ3v) is 2.95.